The van der Waals surface area contributed by atoms with Gasteiger partial charge in [0.05, 0.1) is 5.52 Å². The standard InChI is InChI=1S/4C16H16.3C14H13N/c1-11-7-6-9-13-12-8-4-5-10-14(12)16(2,3)15(11)13;1-11-7-6-10-14-15(11)12-8-4-5-9-13(12)16(14,2)3;1-11-8-9-15-13(10-11)12-6-4-5-7-14(12)16(15,2)3;1-11-8-9-13-12-6-4-5-7-14(12)16(2,3)15(13)10-11;1-10-6-5-8-12-11-7-3-4-9-13(11)15(2)14(10)12;1-10-7-8-14-12(9-10)11-5-3-4-6-13(11)15(14)2;1-10-7-8-12-11-5-3-4-6-13(11)15(2)14(12)9-10/h4*4-10H,1-3H3;3*3-9H,1-2H3/i4*2D3;;;. The van der Waals surface area contributed by atoms with Crippen LogP contribution in [0.3, 0.4) is 0 Å². The monoisotopic (exact) mass is 1430 g/mol. The zero-order valence-corrected chi connectivity index (χ0v) is 65.1. The summed E-state index contributed by atoms with van der Waals surface area (Å²) in [6.07, 6.45) is 0. The quantitative estimate of drug-likeness (QED) is 0.144. The lowest BCUT2D eigenvalue weighted by atomic mass is 9.80. The van der Waals surface area contributed by atoms with E-state index in [1.807, 2.05) is 219 Å². The normalized spacial score (nSPS) is 19.5. The minimum atomic E-state index is -2.06. The van der Waals surface area contributed by atoms with Crippen molar-refractivity contribution in [2.24, 2.45) is 21.1 Å². The van der Waals surface area contributed by atoms with E-state index in [2.05, 4.69) is 189 Å². The molecular formula is C106H103N3. The van der Waals surface area contributed by atoms with Crippen molar-refractivity contribution in [1.29, 1.82) is 0 Å². The molecule has 0 saturated carbocycles. The molecule has 4 aliphatic carbocycles. The van der Waals surface area contributed by atoms with Gasteiger partial charge in [-0.2, -0.15) is 0 Å². The van der Waals surface area contributed by atoms with Gasteiger partial charge in [-0.25, -0.2) is 0 Å². The molecule has 0 radical (unpaired) electrons. The third-order valence-electron chi connectivity index (χ3n) is 23.3. The molecule has 3 nitrogen and oxygen atoms in total. The number of benzene rings is 14. The number of fused-ring (bicyclic) bond motifs is 21. The van der Waals surface area contributed by atoms with E-state index >= 15 is 0 Å². The van der Waals surface area contributed by atoms with Gasteiger partial charge in [-0.15, -0.1) is 0 Å². The van der Waals surface area contributed by atoms with Crippen molar-refractivity contribution in [3.05, 3.63) is 381 Å². The highest BCUT2D eigenvalue weighted by Crippen LogP contribution is 2.53. The van der Waals surface area contributed by atoms with Crippen LogP contribution in [0.2, 0.25) is 0 Å². The van der Waals surface area contributed by atoms with Crippen LogP contribution in [0.4, 0.5) is 0 Å². The number of aromatic nitrogens is 3. The van der Waals surface area contributed by atoms with E-state index < -0.39 is 49.1 Å². The van der Waals surface area contributed by atoms with Crippen LogP contribution in [0.1, 0.15) is 155 Å². The first-order chi connectivity index (χ1) is 57.3. The Bertz CT molecular complexity index is 6840. The fourth-order valence-electron chi connectivity index (χ4n) is 17.8. The molecule has 0 fully saturated rings. The van der Waals surface area contributed by atoms with Crippen LogP contribution in [0, 0.1) is 48.5 Å². The molecule has 17 aromatic rings. The summed E-state index contributed by atoms with van der Waals surface area (Å²) in [5.41, 5.74) is 28.5. The highest BCUT2D eigenvalue weighted by molar-refractivity contribution is 6.10. The molecule has 0 aliphatic heterocycles. The molecule has 3 aromatic heterocycles. The van der Waals surface area contributed by atoms with Crippen molar-refractivity contribution < 1.29 is 16.4 Å². The lowest BCUT2D eigenvalue weighted by molar-refractivity contribution is 0.655. The fraction of sp³-hybridized carbons (Fsp3) is 0.208. The lowest BCUT2D eigenvalue weighted by Crippen LogP contribution is -2.16. The molecule has 4 aliphatic rings. The molecule has 0 amide bonds. The van der Waals surface area contributed by atoms with Crippen molar-refractivity contribution in [1.82, 2.24) is 13.7 Å². The smallest absolute Gasteiger partial charge is 0.0518 e. The van der Waals surface area contributed by atoms with Gasteiger partial charge in [0.15, 0.2) is 0 Å². The molecule has 4 unspecified atom stereocenters. The molecule has 14 aromatic carbocycles. The fourth-order valence-corrected chi connectivity index (χ4v) is 17.8. The molecule has 3 heterocycles. The molecule has 4 atom stereocenters. The van der Waals surface area contributed by atoms with Crippen LogP contribution < -0.4 is 0 Å². The van der Waals surface area contributed by atoms with Crippen LogP contribution in [0.15, 0.2) is 297 Å². The predicted molar refractivity (Wildman–Crippen MR) is 470 cm³/mol. The molecule has 0 saturated heterocycles. The molecule has 0 N–H and O–H groups in total. The molecule has 21 rings (SSSR count). The number of hydrogen-bond donors (Lipinski definition) is 0. The topological polar surface area (TPSA) is 14.8 Å². The second-order valence-corrected chi connectivity index (χ2v) is 31.0. The van der Waals surface area contributed by atoms with Gasteiger partial charge in [-0.3, -0.25) is 0 Å². The minimum Gasteiger partial charge on any atom is -0.344 e. The van der Waals surface area contributed by atoms with Crippen molar-refractivity contribution in [2.75, 3.05) is 0 Å². The van der Waals surface area contributed by atoms with Gasteiger partial charge in [-0.05, 0) is 196 Å². The molecule has 0 bridgehead atoms. The zero-order valence-electron chi connectivity index (χ0n) is 77.1. The third-order valence-corrected chi connectivity index (χ3v) is 23.3. The second kappa shape index (κ2) is 28.6. The number of aryl methyl sites for hydroxylation is 10. The van der Waals surface area contributed by atoms with Gasteiger partial charge in [0.25, 0.3) is 0 Å². The van der Waals surface area contributed by atoms with Gasteiger partial charge < -0.3 is 13.7 Å². The van der Waals surface area contributed by atoms with Gasteiger partial charge in [0, 0.05) is 119 Å². The summed E-state index contributed by atoms with van der Waals surface area (Å²) in [6, 6.07) is 101. The van der Waals surface area contributed by atoms with Crippen LogP contribution in [-0.2, 0) is 42.8 Å². The van der Waals surface area contributed by atoms with E-state index in [9.17, 15) is 0 Å². The zero-order chi connectivity index (χ0) is 86.6. The Hall–Kier alpha value is -11.5. The Kier molecular flexibility index (Phi) is 15.6. The summed E-state index contributed by atoms with van der Waals surface area (Å²) in [5, 5.41) is 8.09. The highest BCUT2D eigenvalue weighted by atomic mass is 14.9. The third kappa shape index (κ3) is 12.8. The van der Waals surface area contributed by atoms with E-state index in [-0.39, 0.29) is 0 Å². The molecule has 542 valence electrons. The molecule has 0 spiro atoms. The number of nitrogens with zero attached hydrogens (tertiary/aromatic N) is 3. The van der Waals surface area contributed by atoms with E-state index in [4.69, 9.17) is 16.4 Å². The SMILES string of the molecule is Cc1ccc2c(c1)c1ccccc1n2C.Cc1ccc2c3ccccc3n(C)c2c1.Cc1cccc2c3ccccc3n(C)c12.[2H]C([2H])([2H])C1(C)c2ccccc2-c2c(C)cccc21.[2H]C([2H])([2H])C1(C)c2ccccc2-c2cc(C)ccc21.[2H]C([2H])([2H])C1(C)c2ccccc2-c2ccc(C)cc21.[2H]C([2H])([2H])C1(C)c2ccccc2-c2cccc(C)c21. The van der Waals surface area contributed by atoms with Crippen LogP contribution in [0.25, 0.3) is 110 Å². The maximum atomic E-state index is 8.02. The van der Waals surface area contributed by atoms with Crippen molar-refractivity contribution in [3.8, 4) is 44.5 Å². The van der Waals surface area contributed by atoms with Gasteiger partial charge >= 0.3 is 0 Å². The maximum absolute atomic E-state index is 8.02. The van der Waals surface area contributed by atoms with Crippen LogP contribution >= 0.6 is 0 Å². The van der Waals surface area contributed by atoms with Crippen molar-refractivity contribution in [2.45, 2.75) is 125 Å². The molecule has 109 heavy (non-hydrogen) atoms. The van der Waals surface area contributed by atoms with E-state index in [1.165, 1.54) is 82.1 Å². The Morgan fingerprint density at radius 1 is 0.229 bits per heavy atom. The number of para-hydroxylation sites is 4. The average molecular weight is 1430 g/mol. The summed E-state index contributed by atoms with van der Waals surface area (Å²) >= 11 is 0. The Morgan fingerprint density at radius 2 is 0.596 bits per heavy atom. The first-order valence-electron chi connectivity index (χ1n) is 43.9. The largest absolute Gasteiger partial charge is 0.344 e. The summed E-state index contributed by atoms with van der Waals surface area (Å²) < 4.78 is 103. The molecular weight excluding hydrogens is 1320 g/mol. The van der Waals surface area contributed by atoms with Crippen molar-refractivity contribution in [3.63, 3.8) is 0 Å². The summed E-state index contributed by atoms with van der Waals surface area (Å²) in [5.74, 6) is 0. The van der Waals surface area contributed by atoms with E-state index in [0.29, 0.717) is 0 Å². The number of hydrogen-bond acceptors (Lipinski definition) is 0. The summed E-state index contributed by atoms with van der Waals surface area (Å²) in [4.78, 5) is 0. The molecule has 3 heteroatoms. The predicted octanol–water partition coefficient (Wildman–Crippen LogP) is 28.1. The van der Waals surface area contributed by atoms with E-state index in [0.717, 1.165) is 111 Å². The van der Waals surface area contributed by atoms with Gasteiger partial charge in [0.1, 0.15) is 0 Å². The lowest BCUT2D eigenvalue weighted by Gasteiger charge is -2.23. The van der Waals surface area contributed by atoms with Gasteiger partial charge in [-0.1, -0.05) is 333 Å². The second-order valence-electron chi connectivity index (χ2n) is 31.0. The van der Waals surface area contributed by atoms with E-state index in [1.54, 1.807) is 0 Å². The average Bonchev–Trinajstić information content (AvgIpc) is 1.56. The first kappa shape index (κ1) is 59.5. The highest BCUT2D eigenvalue weighted by Gasteiger charge is 2.39. The Morgan fingerprint density at radius 3 is 1.24 bits per heavy atom. The Labute approximate surface area is 663 Å². The van der Waals surface area contributed by atoms with Crippen LogP contribution in [-0.4, -0.2) is 13.7 Å². The minimum absolute atomic E-state index is 0.910. The maximum Gasteiger partial charge on any atom is 0.0518 e. The van der Waals surface area contributed by atoms with Gasteiger partial charge in [0.2, 0.25) is 0 Å². The van der Waals surface area contributed by atoms with Crippen LogP contribution in [0.5, 0.6) is 0 Å². The first-order valence-corrected chi connectivity index (χ1v) is 37.9. The Balaban J connectivity index is 0.000000110. The summed E-state index contributed by atoms with van der Waals surface area (Å²) in [6.45, 7) is 13.7. The van der Waals surface area contributed by atoms with Crippen molar-refractivity contribution >= 4 is 65.4 Å². The number of rotatable bonds is 0. The summed E-state index contributed by atoms with van der Waals surface area (Å²) in [7, 11) is 6.39.